The lowest BCUT2D eigenvalue weighted by Crippen LogP contribution is -2.31. The largest absolute Gasteiger partial charge is 0.486 e. The average Bonchev–Trinajstić information content (AvgIpc) is 2.54. The molecule has 1 amide bonds. The third-order valence-corrected chi connectivity index (χ3v) is 4.91. The maximum atomic E-state index is 12.3. The Bertz CT molecular complexity index is 861. The van der Waals surface area contributed by atoms with Crippen LogP contribution in [0.25, 0.3) is 0 Å². The van der Waals surface area contributed by atoms with E-state index in [1.165, 1.54) is 18.2 Å². The lowest BCUT2D eigenvalue weighted by Gasteiger charge is -2.18. The van der Waals surface area contributed by atoms with Gasteiger partial charge in [0.05, 0.1) is 4.90 Å². The van der Waals surface area contributed by atoms with Crippen molar-refractivity contribution in [2.24, 2.45) is 0 Å². The second-order valence-corrected chi connectivity index (χ2v) is 6.71. The molecule has 2 aromatic carbocycles. The van der Waals surface area contributed by atoms with Gasteiger partial charge in [-0.1, -0.05) is 18.2 Å². The lowest BCUT2D eigenvalue weighted by atomic mass is 10.2. The van der Waals surface area contributed by atoms with Gasteiger partial charge in [0.2, 0.25) is 0 Å². The van der Waals surface area contributed by atoms with Gasteiger partial charge in [0.15, 0.2) is 11.5 Å². The summed E-state index contributed by atoms with van der Waals surface area (Å²) in [6.07, 6.45) is 0. The van der Waals surface area contributed by atoms with E-state index >= 15 is 0 Å². The van der Waals surface area contributed by atoms with Gasteiger partial charge in [0.25, 0.3) is 15.9 Å². The molecule has 1 aliphatic heterocycles. The van der Waals surface area contributed by atoms with E-state index in [1.807, 2.05) is 0 Å². The molecule has 0 bridgehead atoms. The average molecular weight is 333 g/mol. The van der Waals surface area contributed by atoms with Gasteiger partial charge in [-0.05, 0) is 36.8 Å². The van der Waals surface area contributed by atoms with Crippen molar-refractivity contribution in [3.8, 4) is 11.5 Å². The monoisotopic (exact) mass is 333 g/mol. The summed E-state index contributed by atoms with van der Waals surface area (Å²) < 4.78 is 37.5. The van der Waals surface area contributed by atoms with Crippen LogP contribution in [0.5, 0.6) is 11.5 Å². The molecule has 1 N–H and O–H groups in total. The van der Waals surface area contributed by atoms with Crippen LogP contribution in [0.4, 0.5) is 0 Å². The molecule has 23 heavy (non-hydrogen) atoms. The van der Waals surface area contributed by atoms with Crippen LogP contribution in [-0.2, 0) is 10.0 Å². The van der Waals surface area contributed by atoms with Gasteiger partial charge in [-0.25, -0.2) is 13.1 Å². The van der Waals surface area contributed by atoms with Crippen LogP contribution in [-0.4, -0.2) is 27.5 Å². The van der Waals surface area contributed by atoms with Crippen LogP contribution in [0.15, 0.2) is 47.4 Å². The van der Waals surface area contributed by atoms with E-state index in [0.717, 1.165) is 0 Å². The van der Waals surface area contributed by atoms with E-state index in [2.05, 4.69) is 4.72 Å². The summed E-state index contributed by atoms with van der Waals surface area (Å²) in [7, 11) is -3.93. The van der Waals surface area contributed by atoms with Gasteiger partial charge >= 0.3 is 0 Å². The van der Waals surface area contributed by atoms with Crippen LogP contribution >= 0.6 is 0 Å². The van der Waals surface area contributed by atoms with Crippen LogP contribution < -0.4 is 14.2 Å². The van der Waals surface area contributed by atoms with Crippen LogP contribution in [0.3, 0.4) is 0 Å². The number of carbonyl (C=O) groups is 1. The van der Waals surface area contributed by atoms with E-state index in [4.69, 9.17) is 9.47 Å². The highest BCUT2D eigenvalue weighted by molar-refractivity contribution is 7.90. The Hall–Kier alpha value is -2.54. The van der Waals surface area contributed by atoms with E-state index in [9.17, 15) is 13.2 Å². The number of fused-ring (bicyclic) bond motifs is 1. The number of amides is 1. The van der Waals surface area contributed by atoms with Crippen LogP contribution in [0, 0.1) is 6.92 Å². The Labute approximate surface area is 134 Å². The molecule has 1 aliphatic rings. The van der Waals surface area contributed by atoms with Gasteiger partial charge in [0.1, 0.15) is 13.2 Å². The number of hydrogen-bond acceptors (Lipinski definition) is 5. The molecule has 3 rings (SSSR count). The molecule has 0 saturated heterocycles. The molecule has 0 aromatic heterocycles. The third kappa shape index (κ3) is 3.14. The fraction of sp³-hybridized carbons (Fsp3) is 0.188. The van der Waals surface area contributed by atoms with Crippen molar-refractivity contribution in [1.82, 2.24) is 4.72 Å². The van der Waals surface area contributed by atoms with Gasteiger partial charge in [0, 0.05) is 5.56 Å². The maximum Gasteiger partial charge on any atom is 0.265 e. The van der Waals surface area contributed by atoms with Crippen molar-refractivity contribution in [2.75, 3.05) is 13.2 Å². The number of aryl methyl sites for hydroxylation is 1. The number of ether oxygens (including phenoxy) is 2. The quantitative estimate of drug-likeness (QED) is 0.927. The van der Waals surface area contributed by atoms with Crippen LogP contribution in [0.1, 0.15) is 15.9 Å². The van der Waals surface area contributed by atoms with Gasteiger partial charge in [-0.15, -0.1) is 0 Å². The Morgan fingerprint density at radius 3 is 2.48 bits per heavy atom. The van der Waals surface area contributed by atoms with Crippen molar-refractivity contribution in [3.05, 3.63) is 53.6 Å². The molecule has 0 saturated carbocycles. The Kier molecular flexibility index (Phi) is 3.96. The van der Waals surface area contributed by atoms with E-state index in [1.54, 1.807) is 31.2 Å². The van der Waals surface area contributed by atoms with Crippen molar-refractivity contribution in [1.29, 1.82) is 0 Å². The summed E-state index contributed by atoms with van der Waals surface area (Å²) in [5.74, 6) is 0.247. The predicted octanol–water partition coefficient (Wildman–Crippen LogP) is 1.88. The summed E-state index contributed by atoms with van der Waals surface area (Å²) in [6.45, 7) is 2.50. The maximum absolute atomic E-state index is 12.3. The summed E-state index contributed by atoms with van der Waals surface area (Å²) >= 11 is 0. The predicted molar refractivity (Wildman–Crippen MR) is 83.3 cm³/mol. The number of rotatable bonds is 3. The number of benzene rings is 2. The number of nitrogens with one attached hydrogen (secondary N) is 1. The zero-order chi connectivity index (χ0) is 16.4. The SMILES string of the molecule is Cc1ccccc1S(=O)(=O)NC(=O)c1ccc2c(c1)OCCO2. The zero-order valence-corrected chi connectivity index (χ0v) is 13.2. The number of hydrogen-bond donors (Lipinski definition) is 1. The zero-order valence-electron chi connectivity index (χ0n) is 12.4. The normalized spacial score (nSPS) is 13.4. The fourth-order valence-electron chi connectivity index (χ4n) is 2.28. The molecular formula is C16H15NO5S. The second kappa shape index (κ2) is 5.92. The second-order valence-electron chi connectivity index (χ2n) is 5.06. The topological polar surface area (TPSA) is 81.7 Å². The molecule has 7 heteroatoms. The highest BCUT2D eigenvalue weighted by Gasteiger charge is 2.22. The molecule has 0 unspecified atom stereocenters. The van der Waals surface area contributed by atoms with E-state index < -0.39 is 15.9 Å². The smallest absolute Gasteiger partial charge is 0.265 e. The molecule has 120 valence electrons. The van der Waals surface area contributed by atoms with Crippen molar-refractivity contribution in [2.45, 2.75) is 11.8 Å². The minimum Gasteiger partial charge on any atom is -0.486 e. The van der Waals surface area contributed by atoms with Gasteiger partial charge in [-0.3, -0.25) is 4.79 Å². The molecule has 1 heterocycles. The Morgan fingerprint density at radius 2 is 1.74 bits per heavy atom. The first-order chi connectivity index (χ1) is 11.0. The fourth-order valence-corrected chi connectivity index (χ4v) is 3.50. The van der Waals surface area contributed by atoms with Gasteiger partial charge in [-0.2, -0.15) is 0 Å². The van der Waals surface area contributed by atoms with E-state index in [-0.39, 0.29) is 10.5 Å². The first-order valence-corrected chi connectivity index (χ1v) is 8.48. The van der Waals surface area contributed by atoms with Crippen molar-refractivity contribution >= 4 is 15.9 Å². The molecule has 2 aromatic rings. The van der Waals surface area contributed by atoms with E-state index in [0.29, 0.717) is 30.3 Å². The summed E-state index contributed by atoms with van der Waals surface area (Å²) in [6, 6.07) is 11.0. The summed E-state index contributed by atoms with van der Waals surface area (Å²) in [5, 5.41) is 0. The highest BCUT2D eigenvalue weighted by atomic mass is 32.2. The number of carbonyl (C=O) groups excluding carboxylic acids is 1. The minimum absolute atomic E-state index is 0.0749. The number of sulfonamides is 1. The summed E-state index contributed by atoms with van der Waals surface area (Å²) in [5.41, 5.74) is 0.751. The van der Waals surface area contributed by atoms with Crippen LogP contribution in [0.2, 0.25) is 0 Å². The first kappa shape index (κ1) is 15.4. The first-order valence-electron chi connectivity index (χ1n) is 7.00. The summed E-state index contributed by atoms with van der Waals surface area (Å²) in [4.78, 5) is 12.3. The third-order valence-electron chi connectivity index (χ3n) is 3.41. The standard InChI is InChI=1S/C16H15NO5S/c1-11-4-2-3-5-15(11)23(19,20)17-16(18)12-6-7-13-14(10-12)22-9-8-21-13/h2-7,10H,8-9H2,1H3,(H,17,18). The van der Waals surface area contributed by atoms with Gasteiger partial charge < -0.3 is 9.47 Å². The lowest BCUT2D eigenvalue weighted by molar-refractivity contribution is 0.0980. The highest BCUT2D eigenvalue weighted by Crippen LogP contribution is 2.30. The molecule has 0 radical (unpaired) electrons. The Morgan fingerprint density at radius 1 is 1.04 bits per heavy atom. The molecule has 0 aliphatic carbocycles. The minimum atomic E-state index is -3.93. The molecule has 6 nitrogen and oxygen atoms in total. The van der Waals surface area contributed by atoms with Crippen molar-refractivity contribution in [3.63, 3.8) is 0 Å². The van der Waals surface area contributed by atoms with Crippen molar-refractivity contribution < 1.29 is 22.7 Å². The molecule has 0 spiro atoms. The Balaban J connectivity index is 1.86. The molecular weight excluding hydrogens is 318 g/mol. The molecule has 0 atom stereocenters. The molecule has 0 fully saturated rings.